The molecule has 0 bridgehead atoms. The van der Waals surface area contributed by atoms with Crippen molar-refractivity contribution in [3.8, 4) is 0 Å². The molecule has 0 fully saturated rings. The van der Waals surface area contributed by atoms with E-state index in [0.29, 0.717) is 6.54 Å². The molecule has 0 saturated carbocycles. The standard InChI is InChI=1S/C12H16ClNO2S/c1-16-8-12(15)14-5-6-17-9-10-3-2-4-11(13)7-10/h2-4,7H,5-6,8-9H2,1H3,(H,14,15). The summed E-state index contributed by atoms with van der Waals surface area (Å²) >= 11 is 7.64. The molecule has 0 unspecified atom stereocenters. The average Bonchev–Trinajstić information content (AvgIpc) is 2.29. The summed E-state index contributed by atoms with van der Waals surface area (Å²) in [6.45, 7) is 0.784. The van der Waals surface area contributed by atoms with Gasteiger partial charge in [0.15, 0.2) is 0 Å². The van der Waals surface area contributed by atoms with Crippen molar-refractivity contribution in [3.63, 3.8) is 0 Å². The Labute approximate surface area is 111 Å². The molecule has 1 rings (SSSR count). The van der Waals surface area contributed by atoms with Crippen LogP contribution < -0.4 is 5.32 Å². The van der Waals surface area contributed by atoms with Gasteiger partial charge in [-0.2, -0.15) is 11.8 Å². The molecule has 0 aliphatic carbocycles. The van der Waals surface area contributed by atoms with Crippen molar-refractivity contribution in [1.29, 1.82) is 0 Å². The first-order valence-corrected chi connectivity index (χ1v) is 6.83. The van der Waals surface area contributed by atoms with E-state index in [1.165, 1.54) is 12.7 Å². The number of benzene rings is 1. The van der Waals surface area contributed by atoms with Crippen molar-refractivity contribution in [2.45, 2.75) is 5.75 Å². The third kappa shape index (κ3) is 6.56. The second-order valence-electron chi connectivity index (χ2n) is 3.47. The largest absolute Gasteiger partial charge is 0.375 e. The molecule has 0 aliphatic rings. The van der Waals surface area contributed by atoms with Gasteiger partial charge in [-0.15, -0.1) is 0 Å². The van der Waals surface area contributed by atoms with Gasteiger partial charge >= 0.3 is 0 Å². The van der Waals surface area contributed by atoms with E-state index in [1.54, 1.807) is 11.8 Å². The van der Waals surface area contributed by atoms with E-state index >= 15 is 0 Å². The summed E-state index contributed by atoms with van der Waals surface area (Å²) in [5, 5.41) is 3.53. The highest BCUT2D eigenvalue weighted by atomic mass is 35.5. The molecule has 0 atom stereocenters. The Kier molecular flexibility index (Phi) is 7.08. The number of ether oxygens (including phenoxy) is 1. The van der Waals surface area contributed by atoms with Crippen LogP contribution in [0.4, 0.5) is 0 Å². The van der Waals surface area contributed by atoms with Gasteiger partial charge in [-0.1, -0.05) is 23.7 Å². The number of methoxy groups -OCH3 is 1. The van der Waals surface area contributed by atoms with Crippen molar-refractivity contribution < 1.29 is 9.53 Å². The molecule has 0 spiro atoms. The van der Waals surface area contributed by atoms with E-state index in [4.69, 9.17) is 16.3 Å². The van der Waals surface area contributed by atoms with Gasteiger partial charge in [0, 0.05) is 30.2 Å². The number of hydrogen-bond donors (Lipinski definition) is 1. The van der Waals surface area contributed by atoms with E-state index < -0.39 is 0 Å². The number of carbonyl (C=O) groups excluding carboxylic acids is 1. The Bertz CT molecular complexity index is 360. The zero-order valence-corrected chi connectivity index (χ0v) is 11.3. The lowest BCUT2D eigenvalue weighted by molar-refractivity contribution is -0.124. The van der Waals surface area contributed by atoms with Crippen LogP contribution in [-0.2, 0) is 15.3 Å². The third-order valence-corrected chi connectivity index (χ3v) is 3.27. The Hall–Kier alpha value is -0.710. The number of hydrogen-bond acceptors (Lipinski definition) is 3. The Balaban J connectivity index is 2.10. The smallest absolute Gasteiger partial charge is 0.246 e. The summed E-state index contributed by atoms with van der Waals surface area (Å²) in [7, 11) is 1.51. The third-order valence-electron chi connectivity index (χ3n) is 2.00. The van der Waals surface area contributed by atoms with Crippen molar-refractivity contribution in [2.75, 3.05) is 26.0 Å². The second-order valence-corrected chi connectivity index (χ2v) is 5.01. The minimum atomic E-state index is -0.0733. The summed E-state index contributed by atoms with van der Waals surface area (Å²) in [5.41, 5.74) is 1.20. The van der Waals surface area contributed by atoms with Crippen molar-refractivity contribution in [2.24, 2.45) is 0 Å². The minimum absolute atomic E-state index is 0.0733. The molecule has 0 radical (unpaired) electrons. The highest BCUT2D eigenvalue weighted by Gasteiger charge is 1.99. The lowest BCUT2D eigenvalue weighted by atomic mass is 10.2. The molecule has 1 aromatic carbocycles. The molecule has 17 heavy (non-hydrogen) atoms. The van der Waals surface area contributed by atoms with Crippen LogP contribution in [0, 0.1) is 0 Å². The van der Waals surface area contributed by atoms with Crippen LogP contribution in [-0.4, -0.2) is 31.9 Å². The van der Waals surface area contributed by atoms with Crippen LogP contribution in [0.2, 0.25) is 5.02 Å². The number of thioether (sulfide) groups is 1. The first-order valence-electron chi connectivity index (χ1n) is 5.30. The molecule has 5 heteroatoms. The van der Waals surface area contributed by atoms with Crippen LogP contribution in [0.3, 0.4) is 0 Å². The van der Waals surface area contributed by atoms with Gasteiger partial charge in [0.2, 0.25) is 5.91 Å². The summed E-state index contributed by atoms with van der Waals surface area (Å²) in [5.74, 6) is 1.71. The Morgan fingerprint density at radius 1 is 1.53 bits per heavy atom. The molecular formula is C12H16ClNO2S. The van der Waals surface area contributed by atoms with Crippen molar-refractivity contribution >= 4 is 29.3 Å². The fraction of sp³-hybridized carbons (Fsp3) is 0.417. The van der Waals surface area contributed by atoms with Crippen LogP contribution in [0.15, 0.2) is 24.3 Å². The molecule has 0 heterocycles. The van der Waals surface area contributed by atoms with Gasteiger partial charge in [-0.05, 0) is 17.7 Å². The SMILES string of the molecule is COCC(=O)NCCSCc1cccc(Cl)c1. The molecule has 1 aromatic rings. The summed E-state index contributed by atoms with van der Waals surface area (Å²) in [6, 6.07) is 7.81. The zero-order chi connectivity index (χ0) is 12.5. The molecule has 1 amide bonds. The quantitative estimate of drug-likeness (QED) is 0.775. The second kappa shape index (κ2) is 8.39. The fourth-order valence-corrected chi connectivity index (χ4v) is 2.28. The fourth-order valence-electron chi connectivity index (χ4n) is 1.26. The monoisotopic (exact) mass is 273 g/mol. The average molecular weight is 274 g/mol. The first-order chi connectivity index (χ1) is 8.22. The van der Waals surface area contributed by atoms with Gasteiger partial charge in [-0.25, -0.2) is 0 Å². The minimum Gasteiger partial charge on any atom is -0.375 e. The molecule has 0 saturated heterocycles. The van der Waals surface area contributed by atoms with Crippen LogP contribution >= 0.6 is 23.4 Å². The summed E-state index contributed by atoms with van der Waals surface area (Å²) < 4.78 is 4.71. The lowest BCUT2D eigenvalue weighted by Gasteiger charge is -2.04. The highest BCUT2D eigenvalue weighted by molar-refractivity contribution is 7.98. The van der Waals surface area contributed by atoms with Crippen LogP contribution in [0.1, 0.15) is 5.56 Å². The van der Waals surface area contributed by atoms with Gasteiger partial charge in [-0.3, -0.25) is 4.79 Å². The van der Waals surface area contributed by atoms with Gasteiger partial charge in [0.25, 0.3) is 0 Å². The molecule has 0 aromatic heterocycles. The van der Waals surface area contributed by atoms with Gasteiger partial charge in [0.05, 0.1) is 0 Å². The van der Waals surface area contributed by atoms with E-state index in [1.807, 2.05) is 24.3 Å². The molecular weight excluding hydrogens is 258 g/mol. The normalized spacial score (nSPS) is 10.2. The predicted molar refractivity (Wildman–Crippen MR) is 72.5 cm³/mol. The van der Waals surface area contributed by atoms with E-state index in [0.717, 1.165) is 16.5 Å². The van der Waals surface area contributed by atoms with Gasteiger partial charge in [0.1, 0.15) is 6.61 Å². The molecule has 1 N–H and O–H groups in total. The number of halogens is 1. The maximum atomic E-state index is 11.1. The molecule has 94 valence electrons. The maximum Gasteiger partial charge on any atom is 0.246 e. The highest BCUT2D eigenvalue weighted by Crippen LogP contribution is 2.15. The topological polar surface area (TPSA) is 38.3 Å². The molecule has 0 aliphatic heterocycles. The number of amides is 1. The Morgan fingerprint density at radius 2 is 2.35 bits per heavy atom. The van der Waals surface area contributed by atoms with Crippen LogP contribution in [0.25, 0.3) is 0 Å². The number of nitrogens with one attached hydrogen (secondary N) is 1. The van der Waals surface area contributed by atoms with E-state index in [2.05, 4.69) is 5.32 Å². The van der Waals surface area contributed by atoms with Crippen LogP contribution in [0.5, 0.6) is 0 Å². The zero-order valence-electron chi connectivity index (χ0n) is 9.74. The summed E-state index contributed by atoms with van der Waals surface area (Å²) in [4.78, 5) is 11.1. The predicted octanol–water partition coefficient (Wildman–Crippen LogP) is 2.34. The molecule has 3 nitrogen and oxygen atoms in total. The summed E-state index contributed by atoms with van der Waals surface area (Å²) in [6.07, 6.45) is 0. The maximum absolute atomic E-state index is 11.1. The van der Waals surface area contributed by atoms with Crippen molar-refractivity contribution in [1.82, 2.24) is 5.32 Å². The number of carbonyl (C=O) groups is 1. The lowest BCUT2D eigenvalue weighted by Crippen LogP contribution is -2.29. The van der Waals surface area contributed by atoms with Gasteiger partial charge < -0.3 is 10.1 Å². The first kappa shape index (κ1) is 14.4. The van der Waals surface area contributed by atoms with E-state index in [9.17, 15) is 4.79 Å². The Morgan fingerprint density at radius 3 is 3.06 bits per heavy atom. The van der Waals surface area contributed by atoms with E-state index in [-0.39, 0.29) is 12.5 Å². The number of rotatable bonds is 7. The van der Waals surface area contributed by atoms with Crippen molar-refractivity contribution in [3.05, 3.63) is 34.9 Å².